The molecule has 136 valence electrons. The molecule has 0 aliphatic carbocycles. The molecule has 26 heavy (non-hydrogen) atoms. The lowest BCUT2D eigenvalue weighted by atomic mass is 10.2. The van der Waals surface area contributed by atoms with E-state index in [-0.39, 0.29) is 17.5 Å². The molecule has 7 heteroatoms. The summed E-state index contributed by atoms with van der Waals surface area (Å²) in [5.74, 6) is 0.866. The molecule has 1 atom stereocenters. The number of carbonyl (C=O) groups excluding carboxylic acids is 1. The molecule has 2 aliphatic heterocycles. The normalized spacial score (nSPS) is 19.5. The van der Waals surface area contributed by atoms with E-state index in [2.05, 4.69) is 22.0 Å². The van der Waals surface area contributed by atoms with Crippen molar-refractivity contribution in [3.05, 3.63) is 52.4 Å². The maximum atomic E-state index is 12.7. The molecule has 1 amide bonds. The van der Waals surface area contributed by atoms with Crippen LogP contribution in [0.3, 0.4) is 0 Å². The molecule has 0 unspecified atom stereocenters. The molecule has 1 aromatic heterocycles. The van der Waals surface area contributed by atoms with Crippen molar-refractivity contribution in [2.75, 3.05) is 36.8 Å². The van der Waals surface area contributed by atoms with E-state index in [0.717, 1.165) is 42.8 Å². The molecule has 4 rings (SSSR count). The lowest BCUT2D eigenvalue weighted by Crippen LogP contribution is -2.49. The van der Waals surface area contributed by atoms with Gasteiger partial charge in [-0.3, -0.25) is 14.2 Å². The monoisotopic (exact) mass is 370 g/mol. The molecule has 2 aromatic rings. The first-order valence-electron chi connectivity index (χ1n) is 8.92. The first kappa shape index (κ1) is 17.1. The topological polar surface area (TPSA) is 58.4 Å². The number of aryl methyl sites for hydroxylation is 1. The van der Waals surface area contributed by atoms with Crippen LogP contribution in [0.2, 0.25) is 0 Å². The lowest BCUT2D eigenvalue weighted by Gasteiger charge is -2.36. The van der Waals surface area contributed by atoms with Crippen molar-refractivity contribution >= 4 is 23.4 Å². The van der Waals surface area contributed by atoms with Crippen LogP contribution in [0.1, 0.15) is 18.2 Å². The highest BCUT2D eigenvalue weighted by molar-refractivity contribution is 7.99. The Morgan fingerprint density at radius 1 is 1.19 bits per heavy atom. The first-order chi connectivity index (χ1) is 12.6. The van der Waals surface area contributed by atoms with Gasteiger partial charge < -0.3 is 9.80 Å². The van der Waals surface area contributed by atoms with E-state index in [4.69, 9.17) is 0 Å². The summed E-state index contributed by atoms with van der Waals surface area (Å²) in [5.41, 5.74) is 1.88. The Bertz CT molecular complexity index is 860. The number of anilines is 1. The summed E-state index contributed by atoms with van der Waals surface area (Å²) < 4.78 is 1.69. The van der Waals surface area contributed by atoms with Crippen LogP contribution in [0.15, 0.2) is 46.3 Å². The number of aromatic nitrogens is 2. The molecule has 0 spiro atoms. The molecular weight excluding hydrogens is 348 g/mol. The van der Waals surface area contributed by atoms with Crippen LogP contribution in [0.5, 0.6) is 0 Å². The number of hydrogen-bond donors (Lipinski definition) is 0. The first-order valence-corrected chi connectivity index (χ1v) is 9.91. The largest absolute Gasteiger partial charge is 0.368 e. The summed E-state index contributed by atoms with van der Waals surface area (Å²) in [6.07, 6.45) is 0.371. The Balaban J connectivity index is 1.38. The second-order valence-corrected chi connectivity index (χ2v) is 7.75. The average molecular weight is 370 g/mol. The Morgan fingerprint density at radius 3 is 2.65 bits per heavy atom. The van der Waals surface area contributed by atoms with Gasteiger partial charge in [-0.25, -0.2) is 4.98 Å². The van der Waals surface area contributed by atoms with Gasteiger partial charge in [0.05, 0.1) is 6.04 Å². The van der Waals surface area contributed by atoms with E-state index in [9.17, 15) is 9.59 Å². The third kappa shape index (κ3) is 3.35. The van der Waals surface area contributed by atoms with Gasteiger partial charge in [0.1, 0.15) is 0 Å². The molecule has 0 N–H and O–H groups in total. The number of rotatable bonds is 3. The summed E-state index contributed by atoms with van der Waals surface area (Å²) >= 11 is 1.56. The van der Waals surface area contributed by atoms with E-state index in [1.54, 1.807) is 22.4 Å². The van der Waals surface area contributed by atoms with Gasteiger partial charge >= 0.3 is 0 Å². The van der Waals surface area contributed by atoms with Gasteiger partial charge in [0, 0.05) is 55.8 Å². The van der Waals surface area contributed by atoms with Crippen molar-refractivity contribution in [3.8, 4) is 0 Å². The van der Waals surface area contributed by atoms with Crippen molar-refractivity contribution in [1.29, 1.82) is 0 Å². The predicted molar refractivity (Wildman–Crippen MR) is 103 cm³/mol. The number of carbonyl (C=O) groups is 1. The highest BCUT2D eigenvalue weighted by atomic mass is 32.2. The van der Waals surface area contributed by atoms with E-state index in [1.807, 2.05) is 30.0 Å². The van der Waals surface area contributed by atoms with Crippen LogP contribution in [0, 0.1) is 6.92 Å². The molecular formula is C19H22N4O2S. The van der Waals surface area contributed by atoms with Crippen molar-refractivity contribution in [1.82, 2.24) is 14.5 Å². The molecule has 0 bridgehead atoms. The highest BCUT2D eigenvalue weighted by Gasteiger charge is 2.30. The predicted octanol–water partition coefficient (Wildman–Crippen LogP) is 1.94. The van der Waals surface area contributed by atoms with Crippen molar-refractivity contribution < 1.29 is 4.79 Å². The van der Waals surface area contributed by atoms with Gasteiger partial charge in [-0.15, -0.1) is 0 Å². The summed E-state index contributed by atoms with van der Waals surface area (Å²) in [5, 5.41) is 0.738. The molecule has 0 radical (unpaired) electrons. The van der Waals surface area contributed by atoms with Gasteiger partial charge in [-0.1, -0.05) is 30.0 Å². The number of amides is 1. The maximum Gasteiger partial charge on any atom is 0.254 e. The fraction of sp³-hybridized carbons (Fsp3) is 0.421. The van der Waals surface area contributed by atoms with E-state index in [0.29, 0.717) is 6.42 Å². The molecule has 6 nitrogen and oxygen atoms in total. The van der Waals surface area contributed by atoms with Crippen LogP contribution < -0.4 is 10.5 Å². The second kappa shape index (κ2) is 7.15. The van der Waals surface area contributed by atoms with Gasteiger partial charge in [0.15, 0.2) is 5.16 Å². The third-order valence-electron chi connectivity index (χ3n) is 4.98. The minimum atomic E-state index is -0.0877. The number of nitrogens with zero attached hydrogens (tertiary/aromatic N) is 4. The minimum Gasteiger partial charge on any atom is -0.368 e. The maximum absolute atomic E-state index is 12.7. The Labute approximate surface area is 156 Å². The Kier molecular flexibility index (Phi) is 4.72. The van der Waals surface area contributed by atoms with E-state index in [1.165, 1.54) is 5.69 Å². The second-order valence-electron chi connectivity index (χ2n) is 6.76. The summed E-state index contributed by atoms with van der Waals surface area (Å²) in [6.45, 7) is 4.95. The van der Waals surface area contributed by atoms with E-state index < -0.39 is 0 Å². The van der Waals surface area contributed by atoms with Crippen LogP contribution in [-0.2, 0) is 4.79 Å². The van der Waals surface area contributed by atoms with Crippen molar-refractivity contribution in [3.63, 3.8) is 0 Å². The molecule has 1 fully saturated rings. The summed E-state index contributed by atoms with van der Waals surface area (Å²) in [7, 11) is 0. The highest BCUT2D eigenvalue weighted by Crippen LogP contribution is 2.32. The van der Waals surface area contributed by atoms with Crippen LogP contribution in [0.4, 0.5) is 5.69 Å². The minimum absolute atomic E-state index is 0.0517. The zero-order valence-electron chi connectivity index (χ0n) is 14.8. The number of thioether (sulfide) groups is 1. The van der Waals surface area contributed by atoms with Crippen molar-refractivity contribution in [2.45, 2.75) is 24.5 Å². The summed E-state index contributed by atoms with van der Waals surface area (Å²) in [6, 6.07) is 11.8. The number of benzene rings is 1. The van der Waals surface area contributed by atoms with Gasteiger partial charge in [0.25, 0.3) is 5.56 Å². The fourth-order valence-electron chi connectivity index (χ4n) is 3.60. The molecule has 0 saturated carbocycles. The smallest absolute Gasteiger partial charge is 0.254 e. The van der Waals surface area contributed by atoms with Gasteiger partial charge in [0.2, 0.25) is 5.91 Å². The molecule has 3 heterocycles. The van der Waals surface area contributed by atoms with E-state index >= 15 is 0 Å². The zero-order valence-corrected chi connectivity index (χ0v) is 15.6. The third-order valence-corrected chi connectivity index (χ3v) is 6.08. The van der Waals surface area contributed by atoms with Gasteiger partial charge in [-0.2, -0.15) is 0 Å². The Hall–Kier alpha value is -2.28. The molecule has 1 saturated heterocycles. The summed E-state index contributed by atoms with van der Waals surface area (Å²) in [4.78, 5) is 33.7. The zero-order chi connectivity index (χ0) is 18.1. The van der Waals surface area contributed by atoms with Gasteiger partial charge in [-0.05, 0) is 19.1 Å². The molecule has 1 aromatic carbocycles. The quantitative estimate of drug-likeness (QED) is 0.773. The number of piperazine rings is 1. The standard InChI is InChI=1S/C19H22N4O2S/c1-14-11-18(25)23-16(13-26-19(23)20-14)12-17(24)22-9-7-21(8-10-22)15-5-3-2-4-6-15/h2-6,11,16H,7-10,12-13H2,1H3/t16-/m1/s1. The van der Waals surface area contributed by atoms with Crippen LogP contribution >= 0.6 is 11.8 Å². The average Bonchev–Trinajstić information content (AvgIpc) is 3.05. The fourth-order valence-corrected chi connectivity index (χ4v) is 4.79. The van der Waals surface area contributed by atoms with Crippen LogP contribution in [-0.4, -0.2) is 52.3 Å². The van der Waals surface area contributed by atoms with Crippen LogP contribution in [0.25, 0.3) is 0 Å². The number of fused-ring (bicyclic) bond motifs is 1. The molecule has 2 aliphatic rings. The SMILES string of the molecule is Cc1cc(=O)n2c(n1)SC[C@H]2CC(=O)N1CCN(c2ccccc2)CC1. The number of para-hydroxylation sites is 1. The Morgan fingerprint density at radius 2 is 1.92 bits per heavy atom. The number of hydrogen-bond acceptors (Lipinski definition) is 5. The van der Waals surface area contributed by atoms with Crippen molar-refractivity contribution in [2.24, 2.45) is 0 Å². The lowest BCUT2D eigenvalue weighted by molar-refractivity contribution is -0.132.